The summed E-state index contributed by atoms with van der Waals surface area (Å²) in [5.74, 6) is 0.631. The molecule has 0 unspecified atom stereocenters. The van der Waals surface area contributed by atoms with Crippen LogP contribution in [-0.2, 0) is 11.3 Å². The number of hydrogen-bond acceptors (Lipinski definition) is 3. The van der Waals surface area contributed by atoms with Gasteiger partial charge in [0.25, 0.3) is 0 Å². The van der Waals surface area contributed by atoms with Gasteiger partial charge in [0.05, 0.1) is 13.1 Å². The zero-order valence-corrected chi connectivity index (χ0v) is 13.1. The van der Waals surface area contributed by atoms with Crippen LogP contribution >= 0.6 is 27.3 Å². The second-order valence-electron chi connectivity index (χ2n) is 3.80. The molecular formula is C11H17BrN4OS. The highest BCUT2D eigenvalue weighted by molar-refractivity contribution is 9.10. The molecule has 5 nitrogen and oxygen atoms in total. The lowest BCUT2D eigenvalue weighted by Crippen LogP contribution is -2.42. The Bertz CT molecular complexity index is 430. The third-order valence-electron chi connectivity index (χ3n) is 2.18. The number of halogens is 1. The molecule has 0 saturated heterocycles. The summed E-state index contributed by atoms with van der Waals surface area (Å²) in [7, 11) is 5.13. The molecule has 0 saturated carbocycles. The lowest BCUT2D eigenvalue weighted by molar-refractivity contribution is -0.127. The number of amides is 1. The Morgan fingerprint density at radius 1 is 1.50 bits per heavy atom. The van der Waals surface area contributed by atoms with Crippen LogP contribution in [0.15, 0.2) is 20.9 Å². The minimum Gasteiger partial charge on any atom is -0.352 e. The Labute approximate surface area is 119 Å². The molecule has 0 bridgehead atoms. The van der Waals surface area contributed by atoms with E-state index in [-0.39, 0.29) is 12.5 Å². The summed E-state index contributed by atoms with van der Waals surface area (Å²) in [6.07, 6.45) is 0. The summed E-state index contributed by atoms with van der Waals surface area (Å²) < 4.78 is 1.08. The highest BCUT2D eigenvalue weighted by Gasteiger charge is 2.05. The van der Waals surface area contributed by atoms with Crippen molar-refractivity contribution in [1.29, 1.82) is 0 Å². The van der Waals surface area contributed by atoms with Crippen molar-refractivity contribution in [1.82, 2.24) is 15.5 Å². The van der Waals surface area contributed by atoms with Gasteiger partial charge in [0.15, 0.2) is 5.96 Å². The van der Waals surface area contributed by atoms with Crippen LogP contribution in [0.25, 0.3) is 0 Å². The van der Waals surface area contributed by atoms with Gasteiger partial charge in [-0.15, -0.1) is 11.3 Å². The second kappa shape index (κ2) is 7.38. The van der Waals surface area contributed by atoms with Gasteiger partial charge in [-0.3, -0.25) is 9.79 Å². The van der Waals surface area contributed by atoms with Gasteiger partial charge < -0.3 is 15.5 Å². The van der Waals surface area contributed by atoms with Gasteiger partial charge >= 0.3 is 0 Å². The van der Waals surface area contributed by atoms with E-state index in [0.717, 1.165) is 4.47 Å². The van der Waals surface area contributed by atoms with Crippen LogP contribution in [-0.4, -0.2) is 44.5 Å². The predicted molar refractivity (Wildman–Crippen MR) is 78.9 cm³/mol. The van der Waals surface area contributed by atoms with Gasteiger partial charge in [-0.1, -0.05) is 0 Å². The van der Waals surface area contributed by atoms with E-state index in [1.165, 1.54) is 9.78 Å². The van der Waals surface area contributed by atoms with E-state index in [4.69, 9.17) is 0 Å². The number of carbonyl (C=O) groups excluding carboxylic acids is 1. The molecule has 7 heteroatoms. The fraction of sp³-hybridized carbons (Fsp3) is 0.455. The Hall–Kier alpha value is -1.08. The van der Waals surface area contributed by atoms with Crippen molar-refractivity contribution < 1.29 is 4.79 Å². The Balaban J connectivity index is 2.37. The average Bonchev–Trinajstić information content (AvgIpc) is 2.74. The van der Waals surface area contributed by atoms with Gasteiger partial charge in [0.2, 0.25) is 5.91 Å². The zero-order valence-electron chi connectivity index (χ0n) is 10.7. The van der Waals surface area contributed by atoms with Crippen LogP contribution in [0.5, 0.6) is 0 Å². The molecule has 0 aliphatic heterocycles. The maximum absolute atomic E-state index is 11.4. The average molecular weight is 333 g/mol. The van der Waals surface area contributed by atoms with Crippen LogP contribution in [0.4, 0.5) is 0 Å². The molecule has 1 rings (SSSR count). The number of carbonyl (C=O) groups is 1. The topological polar surface area (TPSA) is 56.7 Å². The summed E-state index contributed by atoms with van der Waals surface area (Å²) in [6, 6.07) is 2.05. The summed E-state index contributed by atoms with van der Waals surface area (Å²) in [5.41, 5.74) is 0. The van der Waals surface area contributed by atoms with Crippen molar-refractivity contribution in [2.45, 2.75) is 6.54 Å². The maximum Gasteiger partial charge on any atom is 0.241 e. The van der Waals surface area contributed by atoms with E-state index >= 15 is 0 Å². The normalized spacial score (nSPS) is 11.2. The van der Waals surface area contributed by atoms with Crippen molar-refractivity contribution in [2.75, 3.05) is 27.7 Å². The Morgan fingerprint density at radius 3 is 2.72 bits per heavy atom. The van der Waals surface area contributed by atoms with Crippen LogP contribution in [0.1, 0.15) is 4.88 Å². The predicted octanol–water partition coefficient (Wildman–Crippen LogP) is 1.26. The van der Waals surface area contributed by atoms with E-state index in [0.29, 0.717) is 12.5 Å². The van der Waals surface area contributed by atoms with E-state index in [1.54, 1.807) is 32.5 Å². The second-order valence-corrected chi connectivity index (χ2v) is 5.71. The molecule has 0 spiro atoms. The van der Waals surface area contributed by atoms with Gasteiger partial charge in [-0.05, 0) is 22.0 Å². The third-order valence-corrected chi connectivity index (χ3v) is 3.88. The summed E-state index contributed by atoms with van der Waals surface area (Å²) in [5, 5.41) is 8.15. The van der Waals surface area contributed by atoms with Gasteiger partial charge in [0.1, 0.15) is 0 Å². The first-order valence-electron chi connectivity index (χ1n) is 5.40. The van der Waals surface area contributed by atoms with Gasteiger partial charge in [0, 0.05) is 35.9 Å². The van der Waals surface area contributed by atoms with E-state index in [2.05, 4.69) is 37.6 Å². The van der Waals surface area contributed by atoms with Crippen molar-refractivity contribution >= 4 is 39.1 Å². The first kappa shape index (κ1) is 15.0. The standard InChI is InChI=1S/C11H17BrN4OS/c1-13-11(15-6-10(17)16(2)3)14-5-9-4-8(12)7-18-9/h4,7H,5-6H2,1-3H3,(H2,13,14,15). The van der Waals surface area contributed by atoms with Crippen LogP contribution in [0, 0.1) is 0 Å². The first-order chi connectivity index (χ1) is 8.52. The lowest BCUT2D eigenvalue weighted by Gasteiger charge is -2.13. The number of nitrogens with zero attached hydrogens (tertiary/aromatic N) is 2. The number of rotatable bonds is 4. The van der Waals surface area contributed by atoms with E-state index < -0.39 is 0 Å². The molecule has 0 fully saturated rings. The molecule has 1 aromatic rings. The van der Waals surface area contributed by atoms with Crippen molar-refractivity contribution in [3.63, 3.8) is 0 Å². The van der Waals surface area contributed by atoms with Crippen molar-refractivity contribution in [3.8, 4) is 0 Å². The summed E-state index contributed by atoms with van der Waals surface area (Å²) in [6.45, 7) is 0.924. The minimum absolute atomic E-state index is 0.0109. The fourth-order valence-corrected chi connectivity index (χ4v) is 2.55. The number of guanidine groups is 1. The molecular weight excluding hydrogens is 316 g/mol. The molecule has 0 aromatic carbocycles. The van der Waals surface area contributed by atoms with E-state index in [1.807, 2.05) is 5.38 Å². The quantitative estimate of drug-likeness (QED) is 0.644. The number of hydrogen-bond donors (Lipinski definition) is 2. The molecule has 1 aromatic heterocycles. The SMILES string of the molecule is CN=C(NCC(=O)N(C)C)NCc1cc(Br)cs1. The lowest BCUT2D eigenvalue weighted by atomic mass is 10.4. The molecule has 2 N–H and O–H groups in total. The van der Waals surface area contributed by atoms with Crippen molar-refractivity contribution in [3.05, 3.63) is 20.8 Å². The van der Waals surface area contributed by atoms with Crippen LogP contribution in [0.3, 0.4) is 0 Å². The molecule has 0 radical (unpaired) electrons. The first-order valence-corrected chi connectivity index (χ1v) is 7.07. The largest absolute Gasteiger partial charge is 0.352 e. The molecule has 0 aliphatic carbocycles. The monoisotopic (exact) mass is 332 g/mol. The third kappa shape index (κ3) is 5.05. The highest BCUT2D eigenvalue weighted by atomic mass is 79.9. The van der Waals surface area contributed by atoms with E-state index in [9.17, 15) is 4.79 Å². The molecule has 18 heavy (non-hydrogen) atoms. The Kier molecular flexibility index (Phi) is 6.14. The van der Waals surface area contributed by atoms with Gasteiger partial charge in [-0.25, -0.2) is 0 Å². The highest BCUT2D eigenvalue weighted by Crippen LogP contribution is 2.19. The number of thiophene rings is 1. The Morgan fingerprint density at radius 2 is 2.22 bits per heavy atom. The molecule has 1 amide bonds. The smallest absolute Gasteiger partial charge is 0.241 e. The zero-order chi connectivity index (χ0) is 13.5. The molecule has 0 atom stereocenters. The molecule has 1 heterocycles. The number of nitrogens with one attached hydrogen (secondary N) is 2. The molecule has 0 aliphatic rings. The fourth-order valence-electron chi connectivity index (χ4n) is 1.16. The van der Waals surface area contributed by atoms with Crippen molar-refractivity contribution in [2.24, 2.45) is 4.99 Å². The number of aliphatic imine (C=N–C) groups is 1. The summed E-state index contributed by atoms with van der Waals surface area (Å²) >= 11 is 5.07. The van der Waals surface area contributed by atoms with Gasteiger partial charge in [-0.2, -0.15) is 0 Å². The summed E-state index contributed by atoms with van der Waals surface area (Å²) in [4.78, 5) is 18.2. The maximum atomic E-state index is 11.4. The minimum atomic E-state index is 0.0109. The number of likely N-dealkylation sites (N-methyl/N-ethyl adjacent to an activating group) is 1. The molecule has 100 valence electrons. The van der Waals surface area contributed by atoms with Crippen LogP contribution < -0.4 is 10.6 Å². The van der Waals surface area contributed by atoms with Crippen LogP contribution in [0.2, 0.25) is 0 Å².